The highest BCUT2D eigenvalue weighted by Gasteiger charge is 2.43. The van der Waals surface area contributed by atoms with Crippen LogP contribution in [0.5, 0.6) is 5.75 Å². The summed E-state index contributed by atoms with van der Waals surface area (Å²) in [5.41, 5.74) is 3.19. The summed E-state index contributed by atoms with van der Waals surface area (Å²) in [6.07, 6.45) is 0.146. The number of aliphatic hydroxyl groups excluding tert-OH is 1. The number of aliphatic hydroxyl groups is 1. The van der Waals surface area contributed by atoms with Crippen LogP contribution in [0.4, 0.5) is 5.69 Å². The average Bonchev–Trinajstić information content (AvgIpc) is 3.36. The second kappa shape index (κ2) is 12.4. The van der Waals surface area contributed by atoms with Crippen molar-refractivity contribution in [1.29, 1.82) is 0 Å². The minimum Gasteiger partial charge on any atom is -0.508 e. The molecule has 1 fully saturated rings. The molecule has 0 aliphatic carbocycles. The Kier molecular flexibility index (Phi) is 8.76. The van der Waals surface area contributed by atoms with E-state index in [2.05, 4.69) is 4.99 Å². The van der Waals surface area contributed by atoms with Gasteiger partial charge in [0.1, 0.15) is 18.5 Å². The number of carbonyl (C=O) groups excluding carboxylic acids is 2. The number of nitrogens with zero attached hydrogens (tertiary/aromatic N) is 1. The van der Waals surface area contributed by atoms with Gasteiger partial charge in [-0.25, -0.2) is 4.79 Å². The van der Waals surface area contributed by atoms with Crippen LogP contribution in [0.15, 0.2) is 78.9 Å². The number of phenolic OH excluding ortho intramolecular Hbond substituents is 1. The summed E-state index contributed by atoms with van der Waals surface area (Å²) < 4.78 is 11.0. The van der Waals surface area contributed by atoms with Crippen LogP contribution in [0.1, 0.15) is 49.0 Å². The zero-order valence-corrected chi connectivity index (χ0v) is 21.5. The molecule has 8 heteroatoms. The molecule has 1 aliphatic heterocycles. The molecular weight excluding hydrogens is 484 g/mol. The fraction of sp³-hybridized carbons (Fsp3) is 0.300. The average molecular weight is 518 g/mol. The van der Waals surface area contributed by atoms with Crippen LogP contribution < -0.4 is 4.99 Å². The first-order chi connectivity index (χ1) is 18.4. The second-order valence-corrected chi connectivity index (χ2v) is 9.19. The van der Waals surface area contributed by atoms with Crippen LogP contribution in [-0.4, -0.2) is 58.7 Å². The molecule has 1 heterocycles. The Morgan fingerprint density at radius 1 is 1.03 bits per heavy atom. The highest BCUT2D eigenvalue weighted by atomic mass is 16.6. The molecule has 0 radical (unpaired) electrons. The first-order valence-corrected chi connectivity index (χ1v) is 12.7. The maximum Gasteiger partial charge on any atom is 0.362 e. The van der Waals surface area contributed by atoms with E-state index in [-0.39, 0.29) is 36.7 Å². The number of amides is 1. The van der Waals surface area contributed by atoms with Crippen molar-refractivity contribution in [3.05, 3.63) is 95.6 Å². The standard InChI is InChI=1S/C30H32N2O6/c1-3-37-27(35)19-38-29(22-8-5-4-6-9-22)23-10-7-11-24(18-23)31-30(36)28-26(16-17-32(28)20(2)33)21-12-14-25(34)15-13-21/h4-15,18,26,28-29,34H,3,16-17,19H2,1-2H3,(H,31,36)/p+1/t26?,28-,29?/m0/s1. The lowest BCUT2D eigenvalue weighted by Crippen LogP contribution is -2.71. The van der Waals surface area contributed by atoms with Gasteiger partial charge in [-0.15, -0.1) is 0 Å². The fourth-order valence-electron chi connectivity index (χ4n) is 4.92. The molecule has 198 valence electrons. The van der Waals surface area contributed by atoms with E-state index in [0.29, 0.717) is 18.7 Å². The van der Waals surface area contributed by atoms with E-state index in [1.165, 1.54) is 6.92 Å². The molecule has 0 bridgehead atoms. The summed E-state index contributed by atoms with van der Waals surface area (Å²) in [5, 5.41) is 21.0. The summed E-state index contributed by atoms with van der Waals surface area (Å²) in [6, 6.07) is 23.2. The number of hydrogen-bond acceptors (Lipinski definition) is 5. The van der Waals surface area contributed by atoms with Crippen molar-refractivity contribution in [2.24, 2.45) is 0 Å². The third-order valence-electron chi connectivity index (χ3n) is 6.64. The van der Waals surface area contributed by atoms with Gasteiger partial charge >= 0.3 is 11.9 Å². The number of benzene rings is 3. The van der Waals surface area contributed by atoms with E-state index in [4.69, 9.17) is 9.47 Å². The maximum absolute atomic E-state index is 12.4. The van der Waals surface area contributed by atoms with Crippen LogP contribution in [0.2, 0.25) is 0 Å². The van der Waals surface area contributed by atoms with E-state index in [1.807, 2.05) is 66.7 Å². The molecular formula is C30H33N2O6+. The lowest BCUT2D eigenvalue weighted by Gasteiger charge is -2.23. The Labute approximate surface area is 222 Å². The molecule has 3 atom stereocenters. The molecule has 3 aromatic rings. The van der Waals surface area contributed by atoms with Gasteiger partial charge in [-0.2, -0.15) is 4.99 Å². The normalized spacial score (nSPS) is 18.3. The molecule has 3 aromatic carbocycles. The van der Waals surface area contributed by atoms with E-state index in [0.717, 1.165) is 16.7 Å². The number of carbonyl (C=O) groups is 2. The number of ether oxygens (including phenoxy) is 2. The Morgan fingerprint density at radius 3 is 2.42 bits per heavy atom. The van der Waals surface area contributed by atoms with Crippen molar-refractivity contribution >= 4 is 23.5 Å². The van der Waals surface area contributed by atoms with Crippen LogP contribution in [0, 0.1) is 0 Å². The maximum atomic E-state index is 12.4. The van der Waals surface area contributed by atoms with Gasteiger partial charge in [0.2, 0.25) is 11.6 Å². The third kappa shape index (κ3) is 6.39. The molecule has 4 rings (SSSR count). The van der Waals surface area contributed by atoms with Crippen LogP contribution in [-0.2, 0) is 19.1 Å². The first-order valence-electron chi connectivity index (χ1n) is 12.7. The van der Waals surface area contributed by atoms with E-state index in [9.17, 15) is 19.8 Å². The van der Waals surface area contributed by atoms with Crippen molar-refractivity contribution < 1.29 is 34.3 Å². The van der Waals surface area contributed by atoms with Gasteiger partial charge in [-0.05, 0) is 42.2 Å². The molecule has 0 saturated carbocycles. The SMILES string of the molecule is CCOC(=O)COC(c1ccccc1)c1cccc([NH+]=C(O)[C@@H]2C(c3ccc(O)cc3)CCN2C(C)=O)c1. The quantitative estimate of drug-likeness (QED) is 0.229. The molecule has 1 amide bonds. The Morgan fingerprint density at radius 2 is 1.74 bits per heavy atom. The highest BCUT2D eigenvalue weighted by Crippen LogP contribution is 2.34. The molecule has 1 aliphatic rings. The predicted octanol–water partition coefficient (Wildman–Crippen LogP) is 3.13. The van der Waals surface area contributed by atoms with Gasteiger partial charge in [-0.3, -0.25) is 4.79 Å². The number of esters is 1. The number of aromatic hydroxyl groups is 1. The Bertz CT molecular complexity index is 1280. The highest BCUT2D eigenvalue weighted by molar-refractivity contribution is 5.84. The van der Waals surface area contributed by atoms with Gasteiger partial charge in [0.15, 0.2) is 6.04 Å². The number of likely N-dealkylation sites (tertiary alicyclic amines) is 1. The summed E-state index contributed by atoms with van der Waals surface area (Å²) in [6.45, 7) is 3.82. The smallest absolute Gasteiger partial charge is 0.362 e. The Balaban J connectivity index is 1.64. The van der Waals surface area contributed by atoms with Gasteiger partial charge in [-0.1, -0.05) is 54.6 Å². The number of nitrogens with one attached hydrogen (secondary N) is 1. The zero-order chi connectivity index (χ0) is 27.1. The fourth-order valence-corrected chi connectivity index (χ4v) is 4.92. The van der Waals surface area contributed by atoms with Crippen LogP contribution in [0.3, 0.4) is 0 Å². The summed E-state index contributed by atoms with van der Waals surface area (Å²) in [7, 11) is 0. The molecule has 8 nitrogen and oxygen atoms in total. The van der Waals surface area contributed by atoms with Crippen molar-refractivity contribution in [3.8, 4) is 5.75 Å². The zero-order valence-electron chi connectivity index (χ0n) is 21.5. The monoisotopic (exact) mass is 517 g/mol. The number of hydrogen-bond donors (Lipinski definition) is 3. The topological polar surface area (TPSA) is 110 Å². The van der Waals surface area contributed by atoms with Crippen LogP contribution in [0.25, 0.3) is 0 Å². The largest absolute Gasteiger partial charge is 0.508 e. The van der Waals surface area contributed by atoms with Gasteiger partial charge < -0.3 is 24.6 Å². The molecule has 38 heavy (non-hydrogen) atoms. The minimum absolute atomic E-state index is 0.0448. The first kappa shape index (κ1) is 26.9. The van der Waals surface area contributed by atoms with E-state index >= 15 is 0 Å². The van der Waals surface area contributed by atoms with Crippen molar-refractivity contribution in [2.75, 3.05) is 19.8 Å². The lowest BCUT2D eigenvalue weighted by molar-refractivity contribution is -0.369. The summed E-state index contributed by atoms with van der Waals surface area (Å²) in [5.74, 6) is -0.598. The lowest BCUT2D eigenvalue weighted by atomic mass is 9.91. The Hall–Kier alpha value is -4.17. The molecule has 1 saturated heterocycles. The molecule has 0 spiro atoms. The summed E-state index contributed by atoms with van der Waals surface area (Å²) >= 11 is 0. The second-order valence-electron chi connectivity index (χ2n) is 9.19. The van der Waals surface area contributed by atoms with E-state index in [1.54, 1.807) is 24.0 Å². The summed E-state index contributed by atoms with van der Waals surface area (Å²) in [4.78, 5) is 29.1. The van der Waals surface area contributed by atoms with Crippen molar-refractivity contribution in [1.82, 2.24) is 4.90 Å². The van der Waals surface area contributed by atoms with Crippen molar-refractivity contribution in [2.45, 2.75) is 38.3 Å². The van der Waals surface area contributed by atoms with Gasteiger partial charge in [0, 0.05) is 31.5 Å². The van der Waals surface area contributed by atoms with E-state index < -0.39 is 18.1 Å². The molecule has 3 N–H and O–H groups in total. The van der Waals surface area contributed by atoms with Crippen molar-refractivity contribution in [3.63, 3.8) is 0 Å². The number of phenols is 1. The molecule has 2 unspecified atom stereocenters. The molecule has 0 aromatic heterocycles. The third-order valence-corrected chi connectivity index (χ3v) is 6.64. The van der Waals surface area contributed by atoms with Crippen LogP contribution >= 0.6 is 0 Å². The minimum atomic E-state index is -0.578. The predicted molar refractivity (Wildman–Crippen MR) is 142 cm³/mol. The van der Waals surface area contributed by atoms with Gasteiger partial charge in [0.05, 0.1) is 6.61 Å². The van der Waals surface area contributed by atoms with Gasteiger partial charge in [0.25, 0.3) is 0 Å². The number of rotatable bonds is 9.